The number of carbonyl (C=O) groups is 1. The van der Waals surface area contributed by atoms with Crippen LogP contribution in [0.1, 0.15) is 18.9 Å². The zero-order valence-corrected chi connectivity index (χ0v) is 10.6. The van der Waals surface area contributed by atoms with Crippen LogP contribution >= 0.6 is 0 Å². The van der Waals surface area contributed by atoms with Crippen molar-refractivity contribution in [1.29, 1.82) is 5.26 Å². The second kappa shape index (κ2) is 7.17. The normalized spacial score (nSPS) is 10.4. The van der Waals surface area contributed by atoms with Gasteiger partial charge in [0, 0.05) is 24.9 Å². The Morgan fingerprint density at radius 3 is 2.84 bits per heavy atom. The van der Waals surface area contributed by atoms with Crippen LogP contribution in [0.5, 0.6) is 0 Å². The fourth-order valence-electron chi connectivity index (χ4n) is 1.70. The Balaban J connectivity index is 3.00. The number of carboxylic acids is 1. The largest absolute Gasteiger partial charge is 0.478 e. The fourth-order valence-corrected chi connectivity index (χ4v) is 1.70. The van der Waals surface area contributed by atoms with Crippen molar-refractivity contribution >= 4 is 17.7 Å². The van der Waals surface area contributed by atoms with Crippen molar-refractivity contribution in [2.45, 2.75) is 13.3 Å². The lowest BCUT2D eigenvalue weighted by molar-refractivity contribution is -0.131. The highest BCUT2D eigenvalue weighted by molar-refractivity contribution is 5.85. The zero-order valence-electron chi connectivity index (χ0n) is 10.6. The van der Waals surface area contributed by atoms with E-state index in [9.17, 15) is 9.18 Å². The molecular formula is C14H15FN2O2. The molecule has 0 aliphatic carbocycles. The number of carboxylic acid groups (broad SMARTS) is 1. The van der Waals surface area contributed by atoms with Gasteiger partial charge >= 0.3 is 5.97 Å². The SMILES string of the molecule is CCN(CCC#N)c1cc(F)cc(/C=C/C(=O)O)c1. The summed E-state index contributed by atoms with van der Waals surface area (Å²) in [5, 5.41) is 17.1. The Hall–Kier alpha value is -2.35. The molecule has 0 saturated heterocycles. The summed E-state index contributed by atoms with van der Waals surface area (Å²) >= 11 is 0. The van der Waals surface area contributed by atoms with E-state index in [1.54, 1.807) is 6.07 Å². The molecule has 0 bridgehead atoms. The quantitative estimate of drug-likeness (QED) is 0.800. The van der Waals surface area contributed by atoms with Crippen LogP contribution in [0, 0.1) is 17.1 Å². The number of nitrogens with zero attached hydrogens (tertiary/aromatic N) is 2. The second-order valence-corrected chi connectivity index (χ2v) is 3.90. The first-order valence-corrected chi connectivity index (χ1v) is 5.90. The Morgan fingerprint density at radius 2 is 2.26 bits per heavy atom. The molecule has 1 aromatic carbocycles. The summed E-state index contributed by atoms with van der Waals surface area (Å²) in [6, 6.07) is 6.38. The highest BCUT2D eigenvalue weighted by Gasteiger charge is 2.06. The summed E-state index contributed by atoms with van der Waals surface area (Å²) in [6.45, 7) is 3.07. The van der Waals surface area contributed by atoms with Gasteiger partial charge in [-0.3, -0.25) is 0 Å². The lowest BCUT2D eigenvalue weighted by atomic mass is 10.1. The van der Waals surface area contributed by atoms with Gasteiger partial charge in [-0.1, -0.05) is 0 Å². The van der Waals surface area contributed by atoms with E-state index < -0.39 is 11.8 Å². The van der Waals surface area contributed by atoms with Crippen molar-refractivity contribution in [1.82, 2.24) is 0 Å². The van der Waals surface area contributed by atoms with Crippen molar-refractivity contribution in [3.63, 3.8) is 0 Å². The van der Waals surface area contributed by atoms with Gasteiger partial charge in [-0.2, -0.15) is 5.26 Å². The lowest BCUT2D eigenvalue weighted by Crippen LogP contribution is -2.23. The van der Waals surface area contributed by atoms with Gasteiger partial charge in [0.1, 0.15) is 5.82 Å². The minimum Gasteiger partial charge on any atom is -0.478 e. The molecule has 0 atom stereocenters. The van der Waals surface area contributed by atoms with E-state index in [-0.39, 0.29) is 0 Å². The van der Waals surface area contributed by atoms with E-state index in [1.165, 1.54) is 18.2 Å². The van der Waals surface area contributed by atoms with E-state index in [4.69, 9.17) is 10.4 Å². The van der Waals surface area contributed by atoms with Crippen LogP contribution in [0.3, 0.4) is 0 Å². The van der Waals surface area contributed by atoms with Crippen LogP contribution in [-0.4, -0.2) is 24.2 Å². The van der Waals surface area contributed by atoms with Crippen LogP contribution in [0.2, 0.25) is 0 Å². The number of hydrogen-bond acceptors (Lipinski definition) is 3. The van der Waals surface area contributed by atoms with Crippen molar-refractivity contribution in [2.24, 2.45) is 0 Å². The maximum Gasteiger partial charge on any atom is 0.328 e. The molecule has 5 heteroatoms. The maximum atomic E-state index is 13.5. The minimum atomic E-state index is -1.08. The first kappa shape index (κ1) is 14.7. The minimum absolute atomic E-state index is 0.352. The molecule has 0 heterocycles. The molecule has 4 nitrogen and oxygen atoms in total. The molecule has 0 saturated carbocycles. The maximum absolute atomic E-state index is 13.5. The van der Waals surface area contributed by atoms with Gasteiger partial charge in [0.2, 0.25) is 0 Å². The average molecular weight is 262 g/mol. The predicted molar refractivity (Wildman–Crippen MR) is 71.2 cm³/mol. The number of halogens is 1. The molecule has 0 aliphatic heterocycles. The molecule has 0 aromatic heterocycles. The first-order chi connectivity index (χ1) is 9.06. The molecule has 0 fully saturated rings. The molecule has 0 radical (unpaired) electrons. The van der Waals surface area contributed by atoms with Crippen LogP contribution < -0.4 is 4.90 Å². The number of aliphatic carboxylic acids is 1. The molecule has 0 spiro atoms. The van der Waals surface area contributed by atoms with Gasteiger partial charge in [-0.15, -0.1) is 0 Å². The number of benzene rings is 1. The van der Waals surface area contributed by atoms with E-state index in [0.717, 1.165) is 6.08 Å². The summed E-state index contributed by atoms with van der Waals surface area (Å²) < 4.78 is 13.5. The summed E-state index contributed by atoms with van der Waals surface area (Å²) in [5.41, 5.74) is 1.12. The van der Waals surface area contributed by atoms with E-state index in [0.29, 0.717) is 30.8 Å². The number of anilines is 1. The molecule has 1 N–H and O–H groups in total. The van der Waals surface area contributed by atoms with Crippen molar-refractivity contribution in [3.8, 4) is 6.07 Å². The average Bonchev–Trinajstić information content (AvgIpc) is 2.37. The Kier molecular flexibility index (Phi) is 5.55. The lowest BCUT2D eigenvalue weighted by Gasteiger charge is -2.22. The molecule has 0 amide bonds. The van der Waals surface area contributed by atoms with Crippen LogP contribution in [-0.2, 0) is 4.79 Å². The Bertz CT molecular complexity index is 521. The second-order valence-electron chi connectivity index (χ2n) is 3.90. The summed E-state index contributed by atoms with van der Waals surface area (Å²) in [4.78, 5) is 12.3. The van der Waals surface area contributed by atoms with Gasteiger partial charge in [0.15, 0.2) is 0 Å². The summed E-state index contributed by atoms with van der Waals surface area (Å²) in [7, 11) is 0. The topological polar surface area (TPSA) is 64.3 Å². The predicted octanol–water partition coefficient (Wildman–Crippen LogP) is 2.66. The van der Waals surface area contributed by atoms with Gasteiger partial charge in [0.05, 0.1) is 12.5 Å². The van der Waals surface area contributed by atoms with Crippen molar-refractivity contribution in [2.75, 3.05) is 18.0 Å². The first-order valence-electron chi connectivity index (χ1n) is 5.90. The zero-order chi connectivity index (χ0) is 14.3. The van der Waals surface area contributed by atoms with Crippen LogP contribution in [0.4, 0.5) is 10.1 Å². The third-order valence-electron chi connectivity index (χ3n) is 2.56. The van der Waals surface area contributed by atoms with E-state index >= 15 is 0 Å². The van der Waals surface area contributed by atoms with Crippen LogP contribution in [0.25, 0.3) is 6.08 Å². The molecule has 1 aromatic rings. The highest BCUT2D eigenvalue weighted by atomic mass is 19.1. The van der Waals surface area contributed by atoms with E-state index in [2.05, 4.69) is 0 Å². The number of nitriles is 1. The van der Waals surface area contributed by atoms with Crippen LogP contribution in [0.15, 0.2) is 24.3 Å². The molecule has 100 valence electrons. The smallest absolute Gasteiger partial charge is 0.328 e. The number of rotatable bonds is 6. The molecule has 1 rings (SSSR count). The standard InChI is InChI=1S/C14H15FN2O2/c1-2-17(7-3-6-16)13-9-11(4-5-14(18)19)8-12(15)10-13/h4-5,8-10H,2-3,7H2,1H3,(H,18,19)/b5-4+. The third-order valence-corrected chi connectivity index (χ3v) is 2.56. The summed E-state index contributed by atoms with van der Waals surface area (Å²) in [5.74, 6) is -1.51. The molecule has 19 heavy (non-hydrogen) atoms. The van der Waals surface area contributed by atoms with Crippen molar-refractivity contribution < 1.29 is 14.3 Å². The fraction of sp³-hybridized carbons (Fsp3) is 0.286. The molecular weight excluding hydrogens is 247 g/mol. The molecule has 0 aliphatic rings. The Morgan fingerprint density at radius 1 is 1.53 bits per heavy atom. The molecule has 0 unspecified atom stereocenters. The van der Waals surface area contributed by atoms with Crippen molar-refractivity contribution in [3.05, 3.63) is 35.7 Å². The monoisotopic (exact) mass is 262 g/mol. The van der Waals surface area contributed by atoms with Gasteiger partial charge in [-0.05, 0) is 36.8 Å². The summed E-state index contributed by atoms with van der Waals surface area (Å²) in [6.07, 6.45) is 2.65. The van der Waals surface area contributed by atoms with E-state index in [1.807, 2.05) is 17.9 Å². The van der Waals surface area contributed by atoms with Gasteiger partial charge in [0.25, 0.3) is 0 Å². The van der Waals surface area contributed by atoms with Gasteiger partial charge in [-0.25, -0.2) is 9.18 Å². The van der Waals surface area contributed by atoms with Gasteiger partial charge < -0.3 is 10.0 Å². The highest BCUT2D eigenvalue weighted by Crippen LogP contribution is 2.19. The Labute approximate surface area is 111 Å². The number of hydrogen-bond donors (Lipinski definition) is 1. The third kappa shape index (κ3) is 4.80.